The Hall–Kier alpha value is -2.76. The average molecular weight is 273 g/mol. The fourth-order valence-electron chi connectivity index (χ4n) is 1.62. The lowest BCUT2D eigenvalue weighted by Crippen LogP contribution is -2.16. The zero-order chi connectivity index (χ0) is 14.5. The van der Waals surface area contributed by atoms with E-state index in [1.165, 1.54) is 12.3 Å². The standard InChI is InChI=1S/C14H11NO5/c16-12(7-13(17)14(18)19)9-5-11(20-8-9)6-10-3-1-2-4-15-10/h1-5,8H,6-7H2,(H,18,19). The van der Waals surface area contributed by atoms with Crippen molar-refractivity contribution in [2.45, 2.75) is 12.8 Å². The van der Waals surface area contributed by atoms with Crippen molar-refractivity contribution in [1.82, 2.24) is 4.98 Å². The van der Waals surface area contributed by atoms with Crippen LogP contribution in [0.2, 0.25) is 0 Å². The molecule has 0 aliphatic rings. The lowest BCUT2D eigenvalue weighted by molar-refractivity contribution is -0.148. The molecule has 0 aliphatic carbocycles. The molecule has 0 aliphatic heterocycles. The monoisotopic (exact) mass is 273 g/mol. The molecular formula is C14H11NO5. The van der Waals surface area contributed by atoms with E-state index < -0.39 is 24.0 Å². The number of carboxylic acids is 1. The molecule has 0 amide bonds. The van der Waals surface area contributed by atoms with Crippen molar-refractivity contribution in [3.8, 4) is 0 Å². The quantitative estimate of drug-likeness (QED) is 0.486. The zero-order valence-corrected chi connectivity index (χ0v) is 10.4. The SMILES string of the molecule is O=C(O)C(=O)CC(=O)c1coc(Cc2ccccn2)c1. The number of Topliss-reactive ketones (excluding diaryl/α,β-unsaturated/α-hetero) is 2. The van der Waals surface area contributed by atoms with Crippen LogP contribution < -0.4 is 0 Å². The number of ketones is 2. The molecular weight excluding hydrogens is 262 g/mol. The summed E-state index contributed by atoms with van der Waals surface area (Å²) in [4.78, 5) is 37.1. The molecule has 0 radical (unpaired) electrons. The minimum Gasteiger partial charge on any atom is -0.475 e. The lowest BCUT2D eigenvalue weighted by Gasteiger charge is -1.95. The Labute approximate surface area is 114 Å². The van der Waals surface area contributed by atoms with Gasteiger partial charge in [0.15, 0.2) is 5.78 Å². The lowest BCUT2D eigenvalue weighted by atomic mass is 10.1. The second kappa shape index (κ2) is 5.92. The molecule has 102 valence electrons. The number of hydrogen-bond acceptors (Lipinski definition) is 5. The van der Waals surface area contributed by atoms with Crippen LogP contribution in [-0.2, 0) is 16.0 Å². The van der Waals surface area contributed by atoms with Crippen LogP contribution >= 0.6 is 0 Å². The van der Waals surface area contributed by atoms with Gasteiger partial charge in [-0.2, -0.15) is 0 Å². The Morgan fingerprint density at radius 2 is 2.05 bits per heavy atom. The summed E-state index contributed by atoms with van der Waals surface area (Å²) < 4.78 is 5.21. The first kappa shape index (κ1) is 13.7. The van der Waals surface area contributed by atoms with E-state index >= 15 is 0 Å². The highest BCUT2D eigenvalue weighted by atomic mass is 16.4. The topological polar surface area (TPSA) is 97.5 Å². The summed E-state index contributed by atoms with van der Waals surface area (Å²) in [6.07, 6.45) is 2.62. The second-order valence-electron chi connectivity index (χ2n) is 4.13. The number of aromatic nitrogens is 1. The van der Waals surface area contributed by atoms with Gasteiger partial charge in [-0.05, 0) is 18.2 Å². The van der Waals surface area contributed by atoms with Gasteiger partial charge in [-0.3, -0.25) is 14.6 Å². The number of carboxylic acid groups (broad SMARTS) is 1. The predicted octanol–water partition coefficient (Wildman–Crippen LogP) is 1.49. The van der Waals surface area contributed by atoms with Gasteiger partial charge in [-0.25, -0.2) is 4.79 Å². The van der Waals surface area contributed by atoms with Crippen LogP contribution in [0, 0.1) is 0 Å². The Bertz CT molecular complexity index is 645. The molecule has 0 saturated heterocycles. The van der Waals surface area contributed by atoms with Gasteiger partial charge in [-0.15, -0.1) is 0 Å². The molecule has 2 aromatic heterocycles. The summed E-state index contributed by atoms with van der Waals surface area (Å²) in [5.41, 5.74) is 0.966. The number of hydrogen-bond donors (Lipinski definition) is 1. The van der Waals surface area contributed by atoms with Crippen LogP contribution in [-0.4, -0.2) is 27.6 Å². The highest BCUT2D eigenvalue weighted by molar-refractivity contribution is 6.37. The van der Waals surface area contributed by atoms with Gasteiger partial charge >= 0.3 is 5.97 Å². The van der Waals surface area contributed by atoms with E-state index in [4.69, 9.17) is 9.52 Å². The van der Waals surface area contributed by atoms with Crippen molar-refractivity contribution in [2.24, 2.45) is 0 Å². The largest absolute Gasteiger partial charge is 0.475 e. The van der Waals surface area contributed by atoms with Crippen LogP contribution in [0.4, 0.5) is 0 Å². The van der Waals surface area contributed by atoms with Crippen LogP contribution in [0.1, 0.15) is 28.2 Å². The van der Waals surface area contributed by atoms with E-state index in [1.54, 1.807) is 12.3 Å². The molecule has 0 aromatic carbocycles. The van der Waals surface area contributed by atoms with Gasteiger partial charge in [0.2, 0.25) is 5.78 Å². The number of pyridine rings is 1. The maximum Gasteiger partial charge on any atom is 0.372 e. The van der Waals surface area contributed by atoms with Crippen molar-refractivity contribution in [3.05, 3.63) is 53.7 Å². The van der Waals surface area contributed by atoms with Crippen molar-refractivity contribution in [1.29, 1.82) is 0 Å². The number of nitrogens with zero attached hydrogens (tertiary/aromatic N) is 1. The van der Waals surface area contributed by atoms with E-state index in [9.17, 15) is 14.4 Å². The highest BCUT2D eigenvalue weighted by Gasteiger charge is 2.19. The summed E-state index contributed by atoms with van der Waals surface area (Å²) in [7, 11) is 0. The molecule has 0 bridgehead atoms. The van der Waals surface area contributed by atoms with Gasteiger partial charge in [0.05, 0.1) is 12.0 Å². The number of furan rings is 1. The van der Waals surface area contributed by atoms with Gasteiger partial charge in [0.1, 0.15) is 12.0 Å². The van der Waals surface area contributed by atoms with Crippen LogP contribution in [0.15, 0.2) is 41.1 Å². The number of carbonyl (C=O) groups excluding carboxylic acids is 2. The first-order valence-corrected chi connectivity index (χ1v) is 5.83. The molecule has 20 heavy (non-hydrogen) atoms. The number of rotatable bonds is 6. The van der Waals surface area contributed by atoms with Crippen LogP contribution in [0.25, 0.3) is 0 Å². The van der Waals surface area contributed by atoms with Crippen molar-refractivity contribution >= 4 is 17.5 Å². The Morgan fingerprint density at radius 3 is 2.70 bits per heavy atom. The molecule has 0 unspecified atom stereocenters. The smallest absolute Gasteiger partial charge is 0.372 e. The maximum atomic E-state index is 11.7. The van der Waals surface area contributed by atoms with E-state index in [2.05, 4.69) is 4.98 Å². The normalized spacial score (nSPS) is 10.2. The molecule has 2 heterocycles. The molecule has 0 fully saturated rings. The molecule has 2 aromatic rings. The fourth-order valence-corrected chi connectivity index (χ4v) is 1.62. The van der Waals surface area contributed by atoms with E-state index in [0.29, 0.717) is 12.2 Å². The Kier molecular flexibility index (Phi) is 4.05. The molecule has 0 atom stereocenters. The molecule has 6 nitrogen and oxygen atoms in total. The third kappa shape index (κ3) is 3.38. The van der Waals surface area contributed by atoms with Crippen LogP contribution in [0.5, 0.6) is 0 Å². The fraction of sp³-hybridized carbons (Fsp3) is 0.143. The maximum absolute atomic E-state index is 11.7. The molecule has 6 heteroatoms. The van der Waals surface area contributed by atoms with E-state index in [-0.39, 0.29) is 5.56 Å². The third-order valence-electron chi connectivity index (χ3n) is 2.62. The first-order chi connectivity index (χ1) is 9.56. The predicted molar refractivity (Wildman–Crippen MR) is 67.3 cm³/mol. The number of carbonyl (C=O) groups is 3. The molecule has 0 saturated carbocycles. The van der Waals surface area contributed by atoms with Crippen LogP contribution in [0.3, 0.4) is 0 Å². The summed E-state index contributed by atoms with van der Waals surface area (Å²) in [6, 6.07) is 6.94. The minimum absolute atomic E-state index is 0.186. The summed E-state index contributed by atoms with van der Waals surface area (Å²) >= 11 is 0. The number of aliphatic carboxylic acids is 1. The molecule has 1 N–H and O–H groups in total. The highest BCUT2D eigenvalue weighted by Crippen LogP contribution is 2.13. The second-order valence-corrected chi connectivity index (χ2v) is 4.13. The third-order valence-corrected chi connectivity index (χ3v) is 2.62. The van der Waals surface area contributed by atoms with E-state index in [1.807, 2.05) is 12.1 Å². The summed E-state index contributed by atoms with van der Waals surface area (Å²) in [6.45, 7) is 0. The minimum atomic E-state index is -1.62. The molecule has 2 rings (SSSR count). The van der Waals surface area contributed by atoms with Gasteiger partial charge < -0.3 is 9.52 Å². The van der Waals surface area contributed by atoms with Gasteiger partial charge in [-0.1, -0.05) is 6.07 Å². The zero-order valence-electron chi connectivity index (χ0n) is 10.4. The van der Waals surface area contributed by atoms with Gasteiger partial charge in [0.25, 0.3) is 0 Å². The summed E-state index contributed by atoms with van der Waals surface area (Å²) in [5, 5.41) is 8.44. The van der Waals surface area contributed by atoms with Gasteiger partial charge in [0, 0.05) is 18.3 Å². The van der Waals surface area contributed by atoms with Crippen molar-refractivity contribution in [2.75, 3.05) is 0 Å². The van der Waals surface area contributed by atoms with Crippen molar-refractivity contribution in [3.63, 3.8) is 0 Å². The first-order valence-electron chi connectivity index (χ1n) is 5.83. The Balaban J connectivity index is 2.04. The molecule has 0 spiro atoms. The average Bonchev–Trinajstić information content (AvgIpc) is 2.88. The Morgan fingerprint density at radius 1 is 1.25 bits per heavy atom. The summed E-state index contributed by atoms with van der Waals surface area (Å²) in [5.74, 6) is -2.80. The van der Waals surface area contributed by atoms with E-state index in [0.717, 1.165) is 5.69 Å². The van der Waals surface area contributed by atoms with Crippen molar-refractivity contribution < 1.29 is 23.9 Å².